The molecule has 2 bridgehead atoms. The Kier molecular flexibility index (Phi) is 34.7. The van der Waals surface area contributed by atoms with Gasteiger partial charge in [-0.3, -0.25) is 62.5 Å². The van der Waals surface area contributed by atoms with Crippen molar-refractivity contribution in [3.8, 4) is 0 Å². The lowest BCUT2D eigenvalue weighted by Gasteiger charge is -2.27. The van der Waals surface area contributed by atoms with Crippen molar-refractivity contribution in [3.05, 3.63) is 35.9 Å². The molecule has 0 aromatic heterocycles. The van der Waals surface area contributed by atoms with E-state index in [2.05, 4.69) is 63.5 Å². The third-order valence-electron chi connectivity index (χ3n) is 12.9. The number of carbonyl (C=O) groups excluding carboxylic acids is 11. The molecule has 20 N–H and O–H groups in total. The molecule has 2 fully saturated rings. The zero-order valence-corrected chi connectivity index (χ0v) is 49.8. The third kappa shape index (κ3) is 29.8. The molecule has 1 aromatic rings. The number of guanidine groups is 1. The minimum absolute atomic E-state index is 0.00351. The first kappa shape index (κ1) is 71.7. The lowest BCUT2D eigenvalue weighted by molar-refractivity contribution is -0.141. The van der Waals surface area contributed by atoms with Crippen LogP contribution in [0.25, 0.3) is 0 Å². The minimum atomic E-state index is -1.78. The molecule has 0 saturated carbocycles. The smallest absolute Gasteiger partial charge is 0.305 e. The standard InChI is InChI=1S/C52H84N16O13S3/c1-31(69)39-27-82-30-44(73)62-36(12-5-6-17-59-42(71)14-7-11-34(70)21-33(24-57-19-15-53)25-58-20-16-54)47(77)67-40-28-83-84-29-41(51(81)65-37(48(78)66-39)22-32-9-3-2-4-10-32)68-49(79)38(23-45(74)75)63-43(72)26-61-46(76)35(64-50(40)80)13-8-18-60-52(55)56/h2-4,9-10,33,35-41,57-58H,5-8,11-30,53-54H2,1H3,(H,59,71)(H,61,76)(H,62,73)(H,63,72)(H,64,80)(H,65,81)(H,66,78)(H,67,77)(H,68,79)(H,74,75)(H4,55,56,60)/t35-,36-,37-,38-,39-,40-,41-/m0/s1. The molecule has 84 heavy (non-hydrogen) atoms. The number of benzene rings is 1. The SMILES string of the molecule is CC(=O)[C@@H]1CSCC(=O)N[C@@H](CCCCNC(=O)CCCC(=O)CC(CNCCN)CNCCN)C(=O)N[C@H]2CSSC[C@H](NC(=O)[C@H](CC(=O)O)NC(=O)CNC(=O)[C@H](CCCN=C(N)N)NC2=O)C(=O)N[C@@H](Cc2ccccc2)C(=O)N1. The van der Waals surface area contributed by atoms with E-state index in [4.69, 9.17) is 22.9 Å². The van der Waals surface area contributed by atoms with Gasteiger partial charge in [-0.25, -0.2) is 0 Å². The van der Waals surface area contributed by atoms with Crippen LogP contribution in [-0.4, -0.2) is 206 Å². The van der Waals surface area contributed by atoms with Crippen molar-refractivity contribution < 1.29 is 62.6 Å². The van der Waals surface area contributed by atoms with Crippen molar-refractivity contribution in [2.45, 2.75) is 120 Å². The summed E-state index contributed by atoms with van der Waals surface area (Å²) in [7, 11) is 1.88. The quantitative estimate of drug-likeness (QED) is 0.0162. The van der Waals surface area contributed by atoms with Crippen LogP contribution in [0.3, 0.4) is 0 Å². The van der Waals surface area contributed by atoms with Crippen molar-refractivity contribution in [3.63, 3.8) is 0 Å². The van der Waals surface area contributed by atoms with Gasteiger partial charge in [0.1, 0.15) is 42.0 Å². The van der Waals surface area contributed by atoms with Crippen molar-refractivity contribution in [2.24, 2.45) is 33.8 Å². The summed E-state index contributed by atoms with van der Waals surface area (Å²) >= 11 is 0.961. The Hall–Kier alpha value is -6.58. The Balaban J connectivity index is 1.96. The molecule has 0 unspecified atom stereocenters. The number of aliphatic imine (C=N–C) groups is 1. The summed E-state index contributed by atoms with van der Waals surface area (Å²) in [6.07, 6.45) is 0.530. The lowest BCUT2D eigenvalue weighted by Crippen LogP contribution is -2.59. The molecule has 3 rings (SSSR count). The summed E-state index contributed by atoms with van der Waals surface area (Å²) in [4.78, 5) is 166. The molecule has 0 radical (unpaired) electrons. The van der Waals surface area contributed by atoms with Crippen molar-refractivity contribution >= 4 is 110 Å². The Labute approximate surface area is 500 Å². The number of nitrogens with zero attached hydrogens (tertiary/aromatic N) is 1. The van der Waals surface area contributed by atoms with E-state index in [1.54, 1.807) is 30.3 Å². The zero-order valence-electron chi connectivity index (χ0n) is 47.3. The van der Waals surface area contributed by atoms with Crippen molar-refractivity contribution in [1.82, 2.24) is 58.5 Å². The summed E-state index contributed by atoms with van der Waals surface area (Å²) in [5.74, 6) is -10.6. The van der Waals surface area contributed by atoms with E-state index in [0.29, 0.717) is 64.1 Å². The van der Waals surface area contributed by atoms with Gasteiger partial charge in [0.15, 0.2) is 11.7 Å². The first-order chi connectivity index (χ1) is 40.2. The molecule has 32 heteroatoms. The van der Waals surface area contributed by atoms with E-state index in [-0.39, 0.29) is 105 Å². The topological polar surface area (TPSA) is 474 Å². The van der Waals surface area contributed by atoms with E-state index >= 15 is 0 Å². The first-order valence-electron chi connectivity index (χ1n) is 27.8. The molecule has 2 aliphatic heterocycles. The third-order valence-corrected chi connectivity index (χ3v) is 16.3. The average Bonchev–Trinajstić information content (AvgIpc) is 3.66. The molecule has 468 valence electrons. The Morgan fingerprint density at radius 3 is 1.85 bits per heavy atom. The van der Waals surface area contributed by atoms with Crippen LogP contribution in [0.5, 0.6) is 0 Å². The van der Waals surface area contributed by atoms with Crippen molar-refractivity contribution in [2.75, 3.05) is 81.9 Å². The molecular weight excluding hydrogens is 1150 g/mol. The van der Waals surface area contributed by atoms with Gasteiger partial charge >= 0.3 is 5.97 Å². The van der Waals surface area contributed by atoms with Crippen LogP contribution in [0, 0.1) is 5.92 Å². The summed E-state index contributed by atoms with van der Waals surface area (Å²) in [6, 6.07) is -1.46. The monoisotopic (exact) mass is 1240 g/mol. The number of carboxylic acid groups (broad SMARTS) is 1. The number of nitrogens with one attached hydrogen (secondary N) is 11. The summed E-state index contributed by atoms with van der Waals surface area (Å²) in [5.41, 5.74) is 22.8. The number of thioether (sulfide) groups is 1. The molecular formula is C52H84N16O13S3. The van der Waals surface area contributed by atoms with Crippen molar-refractivity contribution in [1.29, 1.82) is 0 Å². The van der Waals surface area contributed by atoms with Gasteiger partial charge in [0.2, 0.25) is 53.2 Å². The van der Waals surface area contributed by atoms with E-state index in [0.717, 1.165) is 33.3 Å². The molecule has 9 amide bonds. The molecule has 2 aliphatic rings. The Morgan fingerprint density at radius 2 is 1.24 bits per heavy atom. The van der Waals surface area contributed by atoms with E-state index in [1.165, 1.54) is 6.92 Å². The molecule has 2 saturated heterocycles. The second-order valence-electron chi connectivity index (χ2n) is 20.0. The van der Waals surface area contributed by atoms with E-state index < -0.39 is 114 Å². The number of nitrogens with two attached hydrogens (primary N) is 4. The number of carbonyl (C=O) groups is 12. The highest BCUT2D eigenvalue weighted by Crippen LogP contribution is 2.24. The van der Waals surface area contributed by atoms with Crippen LogP contribution < -0.4 is 81.4 Å². The number of unbranched alkanes of at least 4 members (excludes halogenated alkanes) is 1. The second-order valence-corrected chi connectivity index (χ2v) is 23.6. The van der Waals surface area contributed by atoms with Crippen LogP contribution in [0.1, 0.15) is 76.7 Å². The van der Waals surface area contributed by atoms with Crippen LogP contribution in [0.4, 0.5) is 0 Å². The van der Waals surface area contributed by atoms with E-state index in [1.807, 2.05) is 0 Å². The van der Waals surface area contributed by atoms with Gasteiger partial charge in [-0.15, -0.1) is 11.8 Å². The van der Waals surface area contributed by atoms with Gasteiger partial charge in [0.25, 0.3) is 0 Å². The van der Waals surface area contributed by atoms with Crippen LogP contribution in [-0.2, 0) is 64.0 Å². The van der Waals surface area contributed by atoms with Gasteiger partial charge in [-0.2, -0.15) is 0 Å². The number of Topliss-reactive ketones (excluding diaryl/α,β-unsaturated/α-hetero) is 2. The molecule has 1 aromatic carbocycles. The molecule has 2 heterocycles. The number of aliphatic carboxylic acids is 1. The highest BCUT2D eigenvalue weighted by Gasteiger charge is 2.35. The zero-order chi connectivity index (χ0) is 61.8. The second kappa shape index (κ2) is 40.6. The number of rotatable bonds is 28. The van der Waals surface area contributed by atoms with Gasteiger partial charge in [0.05, 0.1) is 24.8 Å². The van der Waals surface area contributed by atoms with Crippen LogP contribution in [0.2, 0.25) is 0 Å². The lowest BCUT2D eigenvalue weighted by atomic mass is 9.99. The number of hydrogen-bond acceptors (Lipinski definition) is 20. The van der Waals surface area contributed by atoms with Crippen LogP contribution >= 0.6 is 33.3 Å². The summed E-state index contributed by atoms with van der Waals surface area (Å²) < 4.78 is 0. The maximum atomic E-state index is 14.4. The largest absolute Gasteiger partial charge is 0.481 e. The molecule has 29 nitrogen and oxygen atoms in total. The van der Waals surface area contributed by atoms with Gasteiger partial charge in [0, 0.05) is 82.2 Å². The fraction of sp³-hybridized carbons (Fsp3) is 0.635. The predicted octanol–water partition coefficient (Wildman–Crippen LogP) is -4.87. The molecule has 7 atom stereocenters. The minimum Gasteiger partial charge on any atom is -0.481 e. The maximum Gasteiger partial charge on any atom is 0.305 e. The van der Waals surface area contributed by atoms with Crippen LogP contribution in [0.15, 0.2) is 35.3 Å². The fourth-order valence-corrected chi connectivity index (χ4v) is 11.7. The highest BCUT2D eigenvalue weighted by atomic mass is 33.1. The average molecular weight is 1240 g/mol. The first-order valence-corrected chi connectivity index (χ1v) is 31.5. The number of fused-ring (bicyclic) bond motifs is 5. The Morgan fingerprint density at radius 1 is 0.655 bits per heavy atom. The number of carboxylic acids is 1. The normalized spacial score (nSPS) is 22.0. The van der Waals surface area contributed by atoms with E-state index in [9.17, 15) is 62.6 Å². The molecule has 0 aliphatic carbocycles. The maximum absolute atomic E-state index is 14.4. The summed E-state index contributed by atoms with van der Waals surface area (Å²) in [5, 5.41) is 39.5. The number of hydrogen-bond donors (Lipinski definition) is 16. The number of ketones is 2. The highest BCUT2D eigenvalue weighted by molar-refractivity contribution is 8.76. The number of amides is 9. The fourth-order valence-electron chi connectivity index (χ4n) is 8.44. The summed E-state index contributed by atoms with van der Waals surface area (Å²) in [6.45, 7) is 3.96. The predicted molar refractivity (Wildman–Crippen MR) is 319 cm³/mol. The van der Waals surface area contributed by atoms with Gasteiger partial charge in [-0.05, 0) is 70.0 Å². The molecule has 0 spiro atoms. The van der Waals surface area contributed by atoms with Gasteiger partial charge < -0.3 is 86.5 Å². The Bertz CT molecular complexity index is 2380. The van der Waals surface area contributed by atoms with Gasteiger partial charge in [-0.1, -0.05) is 51.9 Å².